The number of para-hydroxylation sites is 1. The summed E-state index contributed by atoms with van der Waals surface area (Å²) < 4.78 is 26.7. The molecular weight excluding hydrogens is 482 g/mol. The fourth-order valence-electron chi connectivity index (χ4n) is 3.23. The van der Waals surface area contributed by atoms with Crippen LogP contribution in [0.3, 0.4) is 0 Å². The van der Waals surface area contributed by atoms with Gasteiger partial charge in [-0.25, -0.2) is 8.42 Å². The van der Waals surface area contributed by atoms with Crippen molar-refractivity contribution in [1.82, 2.24) is 10.2 Å². The molecule has 0 aliphatic carbocycles. The minimum atomic E-state index is -3.75. The van der Waals surface area contributed by atoms with Gasteiger partial charge in [0.1, 0.15) is 12.6 Å². The molecule has 0 radical (unpaired) electrons. The summed E-state index contributed by atoms with van der Waals surface area (Å²) in [4.78, 5) is 27.3. The Hall–Kier alpha value is -2.39. The van der Waals surface area contributed by atoms with Gasteiger partial charge in [-0.15, -0.1) is 0 Å². The molecule has 1 atom stereocenters. The van der Waals surface area contributed by atoms with Crippen LogP contribution < -0.4 is 9.62 Å². The number of nitrogens with one attached hydrogen (secondary N) is 1. The zero-order valence-electron chi connectivity index (χ0n) is 18.1. The zero-order chi connectivity index (χ0) is 23.2. The third-order valence-electron chi connectivity index (χ3n) is 4.91. The van der Waals surface area contributed by atoms with Crippen LogP contribution in [-0.2, 0) is 26.2 Å². The Morgan fingerprint density at radius 2 is 1.71 bits per heavy atom. The highest BCUT2D eigenvalue weighted by Gasteiger charge is 2.31. The Kier molecular flexibility index (Phi) is 8.64. The van der Waals surface area contributed by atoms with E-state index >= 15 is 0 Å². The number of halogens is 1. The van der Waals surface area contributed by atoms with Crippen molar-refractivity contribution in [2.75, 3.05) is 24.2 Å². The third-order valence-corrected chi connectivity index (χ3v) is 6.70. The summed E-state index contributed by atoms with van der Waals surface area (Å²) in [5, 5.41) is 2.60. The number of hydrogen-bond donors (Lipinski definition) is 1. The number of likely N-dealkylation sites (N-methyl/N-ethyl adjacent to an activating group) is 1. The van der Waals surface area contributed by atoms with Crippen LogP contribution in [0.1, 0.15) is 24.5 Å². The lowest BCUT2D eigenvalue weighted by molar-refractivity contribution is -0.140. The molecule has 2 aromatic rings. The summed E-state index contributed by atoms with van der Waals surface area (Å²) in [6.45, 7) is 3.56. The minimum Gasteiger partial charge on any atom is -0.357 e. The van der Waals surface area contributed by atoms with Gasteiger partial charge in [-0.2, -0.15) is 0 Å². The lowest BCUT2D eigenvalue weighted by atomic mass is 10.1. The molecule has 2 amide bonds. The van der Waals surface area contributed by atoms with E-state index in [1.165, 1.54) is 11.9 Å². The van der Waals surface area contributed by atoms with Crippen molar-refractivity contribution >= 4 is 43.5 Å². The van der Waals surface area contributed by atoms with Crippen LogP contribution in [0.4, 0.5) is 5.69 Å². The van der Waals surface area contributed by atoms with Crippen molar-refractivity contribution < 1.29 is 18.0 Å². The maximum absolute atomic E-state index is 13.4. The van der Waals surface area contributed by atoms with Crippen molar-refractivity contribution in [3.63, 3.8) is 0 Å². The van der Waals surface area contributed by atoms with Crippen molar-refractivity contribution in [1.29, 1.82) is 0 Å². The van der Waals surface area contributed by atoms with E-state index in [2.05, 4.69) is 21.2 Å². The number of sulfonamides is 1. The molecule has 0 saturated heterocycles. The second-order valence-electron chi connectivity index (χ2n) is 7.27. The fraction of sp³-hybridized carbons (Fsp3) is 0.364. The van der Waals surface area contributed by atoms with Crippen molar-refractivity contribution in [2.45, 2.75) is 32.9 Å². The standard InChI is InChI=1S/C22H28BrN3O4S/c1-5-19(22(28)24-3)25(14-17-12-10-16(2)11-13-17)21(27)15-26(31(4,29)30)20-9-7-6-8-18(20)23/h6-13,19H,5,14-15H2,1-4H3,(H,24,28). The molecule has 7 nitrogen and oxygen atoms in total. The number of rotatable bonds is 9. The van der Waals surface area contributed by atoms with Gasteiger partial charge in [-0.05, 0) is 47.0 Å². The highest BCUT2D eigenvalue weighted by Crippen LogP contribution is 2.28. The van der Waals surface area contributed by atoms with Gasteiger partial charge in [0.15, 0.2) is 0 Å². The van der Waals surface area contributed by atoms with Crippen LogP contribution in [0, 0.1) is 6.92 Å². The summed E-state index contributed by atoms with van der Waals surface area (Å²) >= 11 is 3.36. The molecule has 0 heterocycles. The Morgan fingerprint density at radius 1 is 1.10 bits per heavy atom. The molecule has 2 rings (SSSR count). The number of amides is 2. The van der Waals surface area contributed by atoms with Crippen molar-refractivity contribution in [3.05, 3.63) is 64.1 Å². The molecule has 31 heavy (non-hydrogen) atoms. The molecule has 0 aliphatic heterocycles. The smallest absolute Gasteiger partial charge is 0.244 e. The largest absolute Gasteiger partial charge is 0.357 e. The second-order valence-corrected chi connectivity index (χ2v) is 10.0. The van der Waals surface area contributed by atoms with E-state index in [-0.39, 0.29) is 12.5 Å². The number of anilines is 1. The van der Waals surface area contributed by atoms with E-state index < -0.39 is 28.5 Å². The van der Waals surface area contributed by atoms with Gasteiger partial charge in [0, 0.05) is 18.1 Å². The Morgan fingerprint density at radius 3 is 2.23 bits per heavy atom. The number of carbonyl (C=O) groups is 2. The van der Waals surface area contributed by atoms with Gasteiger partial charge >= 0.3 is 0 Å². The Balaban J connectivity index is 2.43. The first kappa shape index (κ1) is 24.9. The zero-order valence-corrected chi connectivity index (χ0v) is 20.5. The lowest BCUT2D eigenvalue weighted by Crippen LogP contribution is -2.51. The Bertz CT molecular complexity index is 1030. The summed E-state index contributed by atoms with van der Waals surface area (Å²) in [7, 11) is -2.23. The minimum absolute atomic E-state index is 0.193. The number of carbonyl (C=O) groups excluding carboxylic acids is 2. The molecule has 0 spiro atoms. The number of nitrogens with zero attached hydrogens (tertiary/aromatic N) is 2. The van der Waals surface area contributed by atoms with Crippen LogP contribution in [-0.4, -0.2) is 51.0 Å². The number of benzene rings is 2. The van der Waals surface area contributed by atoms with E-state index in [1.807, 2.05) is 38.1 Å². The first-order valence-corrected chi connectivity index (χ1v) is 12.5. The van der Waals surface area contributed by atoms with Gasteiger partial charge in [0.25, 0.3) is 0 Å². The maximum atomic E-state index is 13.4. The van der Waals surface area contributed by atoms with Gasteiger partial charge in [0.05, 0.1) is 11.9 Å². The SMILES string of the molecule is CCC(C(=O)NC)N(Cc1ccc(C)cc1)C(=O)CN(c1ccccc1Br)S(C)(=O)=O. The first-order valence-electron chi connectivity index (χ1n) is 9.87. The van der Waals surface area contributed by atoms with Crippen LogP contribution >= 0.6 is 15.9 Å². The molecule has 1 unspecified atom stereocenters. The summed E-state index contributed by atoms with van der Waals surface area (Å²) in [5.74, 6) is -0.757. The van der Waals surface area contributed by atoms with Crippen LogP contribution in [0.25, 0.3) is 0 Å². The summed E-state index contributed by atoms with van der Waals surface area (Å²) in [6, 6.07) is 13.7. The van der Waals surface area contributed by atoms with E-state index in [4.69, 9.17) is 0 Å². The average Bonchev–Trinajstić information content (AvgIpc) is 2.72. The van der Waals surface area contributed by atoms with Gasteiger partial charge in [-0.3, -0.25) is 13.9 Å². The molecule has 0 fully saturated rings. The molecule has 168 valence electrons. The van der Waals surface area contributed by atoms with E-state index in [1.54, 1.807) is 24.3 Å². The molecular formula is C22H28BrN3O4S. The highest BCUT2D eigenvalue weighted by atomic mass is 79.9. The molecule has 0 saturated carbocycles. The lowest BCUT2D eigenvalue weighted by Gasteiger charge is -2.32. The highest BCUT2D eigenvalue weighted by molar-refractivity contribution is 9.10. The van der Waals surface area contributed by atoms with Gasteiger partial charge in [-0.1, -0.05) is 48.9 Å². The predicted molar refractivity (Wildman–Crippen MR) is 126 cm³/mol. The first-order chi connectivity index (χ1) is 14.6. The molecule has 0 aromatic heterocycles. The Labute approximate surface area is 192 Å². The summed E-state index contributed by atoms with van der Waals surface area (Å²) in [5.41, 5.74) is 2.30. The quantitative estimate of drug-likeness (QED) is 0.562. The average molecular weight is 510 g/mol. The van der Waals surface area contributed by atoms with E-state index in [0.717, 1.165) is 21.7 Å². The topological polar surface area (TPSA) is 86.8 Å². The molecule has 0 aliphatic rings. The normalized spacial score (nSPS) is 12.2. The van der Waals surface area contributed by atoms with Crippen LogP contribution in [0.2, 0.25) is 0 Å². The fourth-order valence-corrected chi connectivity index (χ4v) is 4.70. The molecule has 2 aromatic carbocycles. The molecule has 1 N–H and O–H groups in total. The number of hydrogen-bond acceptors (Lipinski definition) is 4. The predicted octanol–water partition coefficient (Wildman–Crippen LogP) is 3.08. The number of aryl methyl sites for hydroxylation is 1. The third kappa shape index (κ3) is 6.54. The summed E-state index contributed by atoms with van der Waals surface area (Å²) in [6.07, 6.45) is 1.45. The van der Waals surface area contributed by atoms with Gasteiger partial charge in [0.2, 0.25) is 21.8 Å². The van der Waals surface area contributed by atoms with E-state index in [9.17, 15) is 18.0 Å². The monoisotopic (exact) mass is 509 g/mol. The van der Waals surface area contributed by atoms with Crippen molar-refractivity contribution in [3.8, 4) is 0 Å². The molecule has 0 bridgehead atoms. The second kappa shape index (κ2) is 10.8. The van der Waals surface area contributed by atoms with Crippen LogP contribution in [0.15, 0.2) is 53.0 Å². The molecule has 9 heteroatoms. The van der Waals surface area contributed by atoms with E-state index in [0.29, 0.717) is 16.6 Å². The maximum Gasteiger partial charge on any atom is 0.244 e. The van der Waals surface area contributed by atoms with Crippen molar-refractivity contribution in [2.24, 2.45) is 0 Å². The van der Waals surface area contributed by atoms with Gasteiger partial charge < -0.3 is 10.2 Å². The van der Waals surface area contributed by atoms with Crippen LogP contribution in [0.5, 0.6) is 0 Å².